The highest BCUT2D eigenvalue weighted by atomic mass is 16.6. The third-order valence-corrected chi connectivity index (χ3v) is 4.02. The van der Waals surface area contributed by atoms with Crippen LogP contribution in [0.3, 0.4) is 0 Å². The minimum Gasteiger partial charge on any atom is -0.444 e. The molecule has 1 amide bonds. The van der Waals surface area contributed by atoms with Crippen LogP contribution >= 0.6 is 0 Å². The number of ether oxygens (including phenoxy) is 1. The number of H-pyrrole nitrogens is 1. The summed E-state index contributed by atoms with van der Waals surface area (Å²) in [6.45, 7) is 0.0316. The number of aromatic nitrogens is 2. The lowest BCUT2D eigenvalue weighted by atomic mass is 10.1. The summed E-state index contributed by atoms with van der Waals surface area (Å²) >= 11 is 0. The number of Topliss-reactive ketones (excluding diaryl/α,β-unsaturated/α-hetero) is 1. The van der Waals surface area contributed by atoms with Gasteiger partial charge in [0.2, 0.25) is 5.78 Å². The summed E-state index contributed by atoms with van der Waals surface area (Å²) in [7, 11) is 0. The molecule has 0 atom stereocenters. The van der Waals surface area contributed by atoms with Crippen molar-refractivity contribution in [3.05, 3.63) is 98.2 Å². The van der Waals surface area contributed by atoms with E-state index in [9.17, 15) is 24.5 Å². The number of nitro groups is 1. The average molecular weight is 408 g/mol. The number of anilines is 1. The van der Waals surface area contributed by atoms with Gasteiger partial charge in [0.1, 0.15) is 12.3 Å². The summed E-state index contributed by atoms with van der Waals surface area (Å²) in [6, 6.07) is 14.5. The van der Waals surface area contributed by atoms with Gasteiger partial charge in [-0.15, -0.1) is 0 Å². The lowest BCUT2D eigenvalue weighted by Gasteiger charge is -2.07. The average Bonchev–Trinajstić information content (AvgIpc) is 2.75. The zero-order valence-corrected chi connectivity index (χ0v) is 15.5. The van der Waals surface area contributed by atoms with E-state index < -0.39 is 22.4 Å². The highest BCUT2D eigenvalue weighted by Gasteiger charge is 2.14. The molecule has 1 aromatic heterocycles. The predicted octanol–water partition coefficient (Wildman–Crippen LogP) is 2.85. The van der Waals surface area contributed by atoms with Gasteiger partial charge in [-0.3, -0.25) is 25.0 Å². The SMILES string of the molecule is O=C(Nc1cnc(C(=O)Cc2ccc([N+](=O)[O-])cc2)[nH]c1=O)OCc1ccccc1. The van der Waals surface area contributed by atoms with Gasteiger partial charge in [-0.05, 0) is 11.1 Å². The number of rotatable bonds is 7. The van der Waals surface area contributed by atoms with Gasteiger partial charge in [-0.25, -0.2) is 9.78 Å². The number of hydrogen-bond donors (Lipinski definition) is 2. The van der Waals surface area contributed by atoms with Gasteiger partial charge < -0.3 is 9.72 Å². The summed E-state index contributed by atoms with van der Waals surface area (Å²) in [5.41, 5.74) is 0.341. The van der Waals surface area contributed by atoms with Crippen LogP contribution in [0.15, 0.2) is 65.6 Å². The van der Waals surface area contributed by atoms with Gasteiger partial charge in [0.15, 0.2) is 5.82 Å². The first-order valence-electron chi connectivity index (χ1n) is 8.76. The monoisotopic (exact) mass is 408 g/mol. The maximum Gasteiger partial charge on any atom is 0.412 e. The summed E-state index contributed by atoms with van der Waals surface area (Å²) in [4.78, 5) is 52.6. The Morgan fingerprint density at radius 3 is 2.40 bits per heavy atom. The number of non-ortho nitro benzene ring substituents is 1. The number of benzene rings is 2. The molecule has 3 rings (SSSR count). The van der Waals surface area contributed by atoms with Gasteiger partial charge in [-0.1, -0.05) is 42.5 Å². The normalized spacial score (nSPS) is 10.3. The molecule has 0 fully saturated rings. The van der Waals surface area contributed by atoms with Crippen molar-refractivity contribution in [2.75, 3.05) is 5.32 Å². The lowest BCUT2D eigenvalue weighted by Crippen LogP contribution is -2.23. The molecule has 1 heterocycles. The van der Waals surface area contributed by atoms with E-state index >= 15 is 0 Å². The molecule has 0 radical (unpaired) electrons. The van der Waals surface area contributed by atoms with E-state index in [4.69, 9.17) is 4.74 Å². The minimum absolute atomic E-state index is 0.0316. The highest BCUT2D eigenvalue weighted by Crippen LogP contribution is 2.13. The number of carbonyl (C=O) groups excluding carboxylic acids is 2. The number of hydrogen-bond acceptors (Lipinski definition) is 7. The Kier molecular flexibility index (Phi) is 6.28. The van der Waals surface area contributed by atoms with Crippen molar-refractivity contribution in [3.8, 4) is 0 Å². The molecular formula is C20H16N4O6. The molecule has 2 aromatic carbocycles. The van der Waals surface area contributed by atoms with E-state index in [1.54, 1.807) is 24.3 Å². The number of nitrogens with one attached hydrogen (secondary N) is 2. The van der Waals surface area contributed by atoms with Crippen LogP contribution in [0, 0.1) is 10.1 Å². The van der Waals surface area contributed by atoms with Gasteiger partial charge in [0, 0.05) is 18.6 Å². The fraction of sp³-hybridized carbons (Fsp3) is 0.100. The van der Waals surface area contributed by atoms with Gasteiger partial charge >= 0.3 is 6.09 Å². The van der Waals surface area contributed by atoms with Crippen LogP contribution in [0.4, 0.5) is 16.2 Å². The van der Waals surface area contributed by atoms with E-state index in [1.807, 2.05) is 6.07 Å². The number of aromatic amines is 1. The molecule has 0 saturated carbocycles. The second-order valence-electron chi connectivity index (χ2n) is 6.18. The van der Waals surface area contributed by atoms with E-state index in [1.165, 1.54) is 24.3 Å². The highest BCUT2D eigenvalue weighted by molar-refractivity contribution is 5.94. The Hall–Kier alpha value is -4.34. The fourth-order valence-electron chi connectivity index (χ4n) is 2.50. The van der Waals surface area contributed by atoms with Crippen molar-refractivity contribution in [1.82, 2.24) is 9.97 Å². The van der Waals surface area contributed by atoms with E-state index in [0.717, 1.165) is 11.8 Å². The van der Waals surface area contributed by atoms with Crippen LogP contribution in [0.2, 0.25) is 0 Å². The number of nitrogens with zero attached hydrogens (tertiary/aromatic N) is 2. The summed E-state index contributed by atoms with van der Waals surface area (Å²) in [5, 5.41) is 12.9. The molecule has 0 spiro atoms. The first-order chi connectivity index (χ1) is 14.4. The standard InChI is InChI=1S/C20H16N4O6/c25-17(10-13-6-8-15(9-7-13)24(28)29)18-21-11-16(19(26)23-18)22-20(27)30-12-14-4-2-1-3-5-14/h1-9,11H,10,12H2,(H,22,27)(H,21,23,26). The van der Waals surface area contributed by atoms with Crippen LogP contribution in [0.1, 0.15) is 21.7 Å². The Balaban J connectivity index is 1.60. The number of amides is 1. The van der Waals surface area contributed by atoms with Gasteiger partial charge in [0.05, 0.1) is 11.1 Å². The molecule has 0 saturated heterocycles. The Labute approximate surface area is 169 Å². The third-order valence-electron chi connectivity index (χ3n) is 4.02. The van der Waals surface area contributed by atoms with E-state index in [0.29, 0.717) is 5.56 Å². The van der Waals surface area contributed by atoms with E-state index in [2.05, 4.69) is 15.3 Å². The fourth-order valence-corrected chi connectivity index (χ4v) is 2.50. The molecule has 2 N–H and O–H groups in total. The largest absolute Gasteiger partial charge is 0.444 e. The van der Waals surface area contributed by atoms with Crippen molar-refractivity contribution < 1.29 is 19.2 Å². The number of nitro benzene ring substituents is 1. The topological polar surface area (TPSA) is 144 Å². The van der Waals surface area contributed by atoms with Crippen molar-refractivity contribution in [1.29, 1.82) is 0 Å². The summed E-state index contributed by atoms with van der Waals surface area (Å²) in [6.07, 6.45) is 0.120. The van der Waals surface area contributed by atoms with Crippen LogP contribution in [0.25, 0.3) is 0 Å². The van der Waals surface area contributed by atoms with Gasteiger partial charge in [0.25, 0.3) is 11.2 Å². The Morgan fingerprint density at radius 2 is 1.77 bits per heavy atom. The molecule has 0 bridgehead atoms. The summed E-state index contributed by atoms with van der Waals surface area (Å²) < 4.78 is 5.02. The summed E-state index contributed by atoms with van der Waals surface area (Å²) in [5.74, 6) is -0.680. The van der Waals surface area contributed by atoms with Crippen LogP contribution in [-0.2, 0) is 17.8 Å². The minimum atomic E-state index is -0.837. The predicted molar refractivity (Wildman–Crippen MR) is 106 cm³/mol. The molecule has 10 heteroatoms. The van der Waals surface area contributed by atoms with E-state index in [-0.39, 0.29) is 30.2 Å². The molecule has 0 unspecified atom stereocenters. The quantitative estimate of drug-likeness (QED) is 0.347. The zero-order chi connectivity index (χ0) is 21.5. The second-order valence-corrected chi connectivity index (χ2v) is 6.18. The molecule has 0 aliphatic heterocycles. The van der Waals surface area contributed by atoms with Crippen LogP contribution in [0.5, 0.6) is 0 Å². The van der Waals surface area contributed by atoms with Crippen LogP contribution in [-0.4, -0.2) is 26.8 Å². The number of carbonyl (C=O) groups is 2. The third kappa shape index (κ3) is 5.35. The Morgan fingerprint density at radius 1 is 1.07 bits per heavy atom. The molecule has 3 aromatic rings. The first kappa shape index (κ1) is 20.4. The molecule has 152 valence electrons. The molecule has 10 nitrogen and oxygen atoms in total. The van der Waals surface area contributed by atoms with Crippen molar-refractivity contribution in [2.45, 2.75) is 13.0 Å². The molecule has 30 heavy (non-hydrogen) atoms. The maximum atomic E-state index is 12.3. The zero-order valence-electron chi connectivity index (χ0n) is 15.5. The van der Waals surface area contributed by atoms with Gasteiger partial charge in [-0.2, -0.15) is 0 Å². The maximum absolute atomic E-state index is 12.3. The molecular weight excluding hydrogens is 392 g/mol. The van der Waals surface area contributed by atoms with Crippen LogP contribution < -0.4 is 10.9 Å². The first-order valence-corrected chi connectivity index (χ1v) is 8.76. The van der Waals surface area contributed by atoms with Crippen molar-refractivity contribution >= 4 is 23.3 Å². The van der Waals surface area contributed by atoms with Crippen molar-refractivity contribution in [3.63, 3.8) is 0 Å². The smallest absolute Gasteiger partial charge is 0.412 e. The lowest BCUT2D eigenvalue weighted by molar-refractivity contribution is -0.384. The number of ketones is 1. The Bertz CT molecular complexity index is 1130. The van der Waals surface area contributed by atoms with Crippen molar-refractivity contribution in [2.24, 2.45) is 0 Å². The molecule has 0 aliphatic carbocycles. The molecule has 0 aliphatic rings. The second kappa shape index (κ2) is 9.24.